The molecule has 0 fully saturated rings. The van der Waals surface area contributed by atoms with E-state index in [1.165, 1.54) is 0 Å². The molecule has 3 aromatic carbocycles. The summed E-state index contributed by atoms with van der Waals surface area (Å²) in [4.78, 5) is 0. The van der Waals surface area contributed by atoms with Crippen molar-refractivity contribution in [2.75, 3.05) is 6.61 Å². The molecule has 0 amide bonds. The summed E-state index contributed by atoms with van der Waals surface area (Å²) in [6.45, 7) is 5.77. The van der Waals surface area contributed by atoms with E-state index in [-0.39, 0.29) is 17.2 Å². The van der Waals surface area contributed by atoms with Crippen LogP contribution in [0.15, 0.2) is 79.4 Å². The standard InChI is InChI=1S/C28H28F2O2/c1-3-19-32-24-15-13-23(14-16-24)26-18-17-25(27(29)28(26)30)22-11-9-21(10-12-22)8-6-4-5-7-20(2)31/h3,6,8-18,20,31H,1,4-5,7,19H2,2H3. The van der Waals surface area contributed by atoms with Gasteiger partial charge in [0.15, 0.2) is 11.6 Å². The summed E-state index contributed by atoms with van der Waals surface area (Å²) in [6.07, 6.45) is 8.00. The van der Waals surface area contributed by atoms with Gasteiger partial charge in [0.2, 0.25) is 0 Å². The Morgan fingerprint density at radius 3 is 2.00 bits per heavy atom. The van der Waals surface area contributed by atoms with Gasteiger partial charge in [-0.05, 0) is 55.0 Å². The molecule has 0 heterocycles. The van der Waals surface area contributed by atoms with Gasteiger partial charge in [-0.3, -0.25) is 0 Å². The normalized spacial score (nSPS) is 12.1. The molecule has 0 radical (unpaired) electrons. The predicted molar refractivity (Wildman–Crippen MR) is 127 cm³/mol. The van der Waals surface area contributed by atoms with Crippen LogP contribution in [0.3, 0.4) is 0 Å². The van der Waals surface area contributed by atoms with Crippen LogP contribution in [0, 0.1) is 11.6 Å². The molecule has 166 valence electrons. The summed E-state index contributed by atoms with van der Waals surface area (Å²) < 4.78 is 35.2. The second-order valence-electron chi connectivity index (χ2n) is 7.72. The van der Waals surface area contributed by atoms with Crippen LogP contribution >= 0.6 is 0 Å². The maximum absolute atomic E-state index is 14.9. The molecule has 1 N–H and O–H groups in total. The number of rotatable bonds is 10. The number of aliphatic hydroxyl groups excluding tert-OH is 1. The quantitative estimate of drug-likeness (QED) is 0.266. The fourth-order valence-electron chi connectivity index (χ4n) is 3.41. The zero-order valence-electron chi connectivity index (χ0n) is 18.2. The molecule has 3 aromatic rings. The maximum Gasteiger partial charge on any atom is 0.167 e. The minimum Gasteiger partial charge on any atom is -0.490 e. The molecule has 32 heavy (non-hydrogen) atoms. The van der Waals surface area contributed by atoms with Gasteiger partial charge in [-0.1, -0.05) is 73.3 Å². The lowest BCUT2D eigenvalue weighted by Gasteiger charge is -2.10. The largest absolute Gasteiger partial charge is 0.490 e. The van der Waals surface area contributed by atoms with E-state index in [0.29, 0.717) is 23.5 Å². The van der Waals surface area contributed by atoms with Crippen LogP contribution in [0.5, 0.6) is 5.75 Å². The highest BCUT2D eigenvalue weighted by atomic mass is 19.2. The van der Waals surface area contributed by atoms with Crippen molar-refractivity contribution in [1.29, 1.82) is 0 Å². The van der Waals surface area contributed by atoms with Crippen molar-refractivity contribution >= 4 is 6.08 Å². The van der Waals surface area contributed by atoms with Gasteiger partial charge < -0.3 is 9.84 Å². The number of halogens is 2. The Balaban J connectivity index is 1.73. The molecular weight excluding hydrogens is 406 g/mol. The second kappa shape index (κ2) is 11.4. The number of aliphatic hydroxyl groups is 1. The van der Waals surface area contributed by atoms with Crippen molar-refractivity contribution in [2.24, 2.45) is 0 Å². The number of ether oxygens (including phenoxy) is 1. The Hall–Kier alpha value is -3.24. The molecule has 0 bridgehead atoms. The Labute approximate surface area is 188 Å². The molecule has 0 aliphatic heterocycles. The third-order valence-electron chi connectivity index (χ3n) is 5.14. The topological polar surface area (TPSA) is 29.5 Å². The van der Waals surface area contributed by atoms with Gasteiger partial charge in [0.1, 0.15) is 12.4 Å². The molecule has 0 spiro atoms. The Bertz CT molecular complexity index is 1050. The molecule has 1 unspecified atom stereocenters. The van der Waals surface area contributed by atoms with Crippen LogP contribution < -0.4 is 4.74 Å². The van der Waals surface area contributed by atoms with Gasteiger partial charge in [0.25, 0.3) is 0 Å². The Morgan fingerprint density at radius 1 is 0.906 bits per heavy atom. The molecule has 0 aliphatic carbocycles. The first kappa shape index (κ1) is 23.4. The molecule has 0 aromatic heterocycles. The van der Waals surface area contributed by atoms with E-state index in [1.54, 1.807) is 61.5 Å². The van der Waals surface area contributed by atoms with E-state index in [1.807, 2.05) is 18.2 Å². The van der Waals surface area contributed by atoms with E-state index in [0.717, 1.165) is 24.8 Å². The smallest absolute Gasteiger partial charge is 0.167 e. The average molecular weight is 435 g/mol. The summed E-state index contributed by atoms with van der Waals surface area (Å²) >= 11 is 0. The van der Waals surface area contributed by atoms with Crippen LogP contribution in [0.2, 0.25) is 0 Å². The third kappa shape index (κ3) is 6.14. The third-order valence-corrected chi connectivity index (χ3v) is 5.14. The number of allylic oxidation sites excluding steroid dienone is 1. The summed E-state index contributed by atoms with van der Waals surface area (Å²) in [5.41, 5.74) is 2.62. The van der Waals surface area contributed by atoms with Crippen LogP contribution in [0.4, 0.5) is 8.78 Å². The molecular formula is C28H28F2O2. The fraction of sp³-hybridized carbons (Fsp3) is 0.214. The summed E-state index contributed by atoms with van der Waals surface area (Å²) in [6, 6.07) is 17.4. The van der Waals surface area contributed by atoms with Crippen molar-refractivity contribution in [3.05, 3.63) is 96.6 Å². The van der Waals surface area contributed by atoms with E-state index >= 15 is 0 Å². The lowest BCUT2D eigenvalue weighted by atomic mass is 9.98. The summed E-state index contributed by atoms with van der Waals surface area (Å²) in [7, 11) is 0. The first-order valence-electron chi connectivity index (χ1n) is 10.8. The first-order valence-corrected chi connectivity index (χ1v) is 10.8. The van der Waals surface area contributed by atoms with Crippen LogP contribution in [0.25, 0.3) is 28.3 Å². The number of unbranched alkanes of at least 4 members (excludes halogenated alkanes) is 1. The van der Waals surface area contributed by atoms with Gasteiger partial charge in [-0.25, -0.2) is 8.78 Å². The minimum absolute atomic E-state index is 0.207. The minimum atomic E-state index is -0.871. The van der Waals surface area contributed by atoms with Crippen LogP contribution in [0.1, 0.15) is 31.7 Å². The molecule has 4 heteroatoms. The average Bonchev–Trinajstić information content (AvgIpc) is 2.80. The predicted octanol–water partition coefficient (Wildman–Crippen LogP) is 7.43. The van der Waals surface area contributed by atoms with E-state index in [2.05, 4.69) is 12.7 Å². The molecule has 3 rings (SSSR count). The van der Waals surface area contributed by atoms with Gasteiger partial charge in [0.05, 0.1) is 6.10 Å². The monoisotopic (exact) mass is 434 g/mol. The van der Waals surface area contributed by atoms with E-state index in [9.17, 15) is 13.9 Å². The molecule has 1 atom stereocenters. The number of hydrogen-bond donors (Lipinski definition) is 1. The first-order chi connectivity index (χ1) is 15.5. The summed E-state index contributed by atoms with van der Waals surface area (Å²) in [5, 5.41) is 9.28. The Morgan fingerprint density at radius 2 is 1.47 bits per heavy atom. The van der Waals surface area contributed by atoms with Gasteiger partial charge in [-0.2, -0.15) is 0 Å². The highest BCUT2D eigenvalue weighted by Crippen LogP contribution is 2.32. The van der Waals surface area contributed by atoms with Gasteiger partial charge in [0, 0.05) is 11.1 Å². The summed E-state index contributed by atoms with van der Waals surface area (Å²) in [5.74, 6) is -1.09. The highest BCUT2D eigenvalue weighted by molar-refractivity contribution is 5.72. The second-order valence-corrected chi connectivity index (χ2v) is 7.72. The van der Waals surface area contributed by atoms with Crippen molar-refractivity contribution in [1.82, 2.24) is 0 Å². The maximum atomic E-state index is 14.9. The van der Waals surface area contributed by atoms with Gasteiger partial charge >= 0.3 is 0 Å². The molecule has 2 nitrogen and oxygen atoms in total. The Kier molecular flexibility index (Phi) is 8.34. The van der Waals surface area contributed by atoms with E-state index in [4.69, 9.17) is 4.74 Å². The van der Waals surface area contributed by atoms with Gasteiger partial charge in [-0.15, -0.1) is 0 Å². The fourth-order valence-corrected chi connectivity index (χ4v) is 3.41. The lowest BCUT2D eigenvalue weighted by molar-refractivity contribution is 0.182. The van der Waals surface area contributed by atoms with Crippen molar-refractivity contribution in [2.45, 2.75) is 32.3 Å². The molecule has 0 saturated carbocycles. The van der Waals surface area contributed by atoms with Crippen LogP contribution in [-0.4, -0.2) is 17.8 Å². The molecule has 0 aliphatic rings. The van der Waals surface area contributed by atoms with Crippen molar-refractivity contribution in [3.8, 4) is 28.0 Å². The SMILES string of the molecule is C=CCOc1ccc(-c2ccc(-c3ccc(C=CCCCC(C)O)cc3)c(F)c2F)cc1. The number of benzene rings is 3. The molecule has 0 saturated heterocycles. The number of hydrogen-bond acceptors (Lipinski definition) is 2. The van der Waals surface area contributed by atoms with E-state index < -0.39 is 11.6 Å². The van der Waals surface area contributed by atoms with Crippen molar-refractivity contribution in [3.63, 3.8) is 0 Å². The van der Waals surface area contributed by atoms with Crippen molar-refractivity contribution < 1.29 is 18.6 Å². The zero-order chi connectivity index (χ0) is 22.9. The van der Waals surface area contributed by atoms with Crippen LogP contribution in [-0.2, 0) is 0 Å². The zero-order valence-corrected chi connectivity index (χ0v) is 18.2. The lowest BCUT2D eigenvalue weighted by Crippen LogP contribution is -1.97. The highest BCUT2D eigenvalue weighted by Gasteiger charge is 2.16.